The first-order valence-electron chi connectivity index (χ1n) is 9.85. The van der Waals surface area contributed by atoms with E-state index in [0.717, 1.165) is 16.8 Å². The average molecular weight is 470 g/mol. The Bertz CT molecular complexity index is 1380. The van der Waals surface area contributed by atoms with Crippen LogP contribution in [0.5, 0.6) is 17.2 Å². The molecule has 11 heteroatoms. The van der Waals surface area contributed by atoms with Gasteiger partial charge in [0.2, 0.25) is 15.8 Å². The molecule has 4 aromatic rings. The number of sulfonamides is 1. The van der Waals surface area contributed by atoms with E-state index in [1.54, 1.807) is 44.2 Å². The minimum Gasteiger partial charge on any atom is -0.493 e. The molecule has 0 saturated carbocycles. The SMILES string of the molecule is COc1cc(-c2cnc3ccc(NCc4ccc(S(N)(=O)=O)cc4)nn23)cc(OC)c1OC. The Morgan fingerprint density at radius 1 is 0.970 bits per heavy atom. The van der Waals surface area contributed by atoms with E-state index in [9.17, 15) is 8.42 Å². The van der Waals surface area contributed by atoms with Gasteiger partial charge in [0, 0.05) is 12.1 Å². The Hall–Kier alpha value is -3.83. The lowest BCUT2D eigenvalue weighted by Crippen LogP contribution is -2.12. The highest BCUT2D eigenvalue weighted by molar-refractivity contribution is 7.89. The minimum absolute atomic E-state index is 0.0687. The molecule has 0 aliphatic rings. The summed E-state index contributed by atoms with van der Waals surface area (Å²) in [6.07, 6.45) is 1.72. The number of primary sulfonamides is 1. The topological polar surface area (TPSA) is 130 Å². The molecule has 0 fully saturated rings. The van der Waals surface area contributed by atoms with Crippen LogP contribution in [0.2, 0.25) is 0 Å². The van der Waals surface area contributed by atoms with E-state index in [2.05, 4.69) is 15.4 Å². The maximum absolute atomic E-state index is 11.4. The van der Waals surface area contributed by atoms with Crippen molar-refractivity contribution in [3.05, 3.63) is 60.3 Å². The van der Waals surface area contributed by atoms with Gasteiger partial charge in [0.25, 0.3) is 0 Å². The van der Waals surface area contributed by atoms with Crippen LogP contribution in [0.25, 0.3) is 16.9 Å². The summed E-state index contributed by atoms with van der Waals surface area (Å²) in [4.78, 5) is 4.50. The standard InChI is InChI=1S/C22H23N5O5S/c1-30-18-10-15(11-19(31-2)22(18)32-3)17-13-25-21-9-8-20(26-27(17)21)24-12-14-4-6-16(7-5-14)33(23,28)29/h4-11,13H,12H2,1-3H3,(H,24,26)(H2,23,28,29). The Morgan fingerprint density at radius 3 is 2.21 bits per heavy atom. The number of fused-ring (bicyclic) bond motifs is 1. The summed E-state index contributed by atoms with van der Waals surface area (Å²) in [5, 5.41) is 13.0. The summed E-state index contributed by atoms with van der Waals surface area (Å²) in [7, 11) is 0.954. The van der Waals surface area contributed by atoms with Crippen molar-refractivity contribution in [2.24, 2.45) is 5.14 Å². The van der Waals surface area contributed by atoms with Gasteiger partial charge in [-0.3, -0.25) is 0 Å². The van der Waals surface area contributed by atoms with E-state index in [1.165, 1.54) is 12.1 Å². The zero-order valence-electron chi connectivity index (χ0n) is 18.3. The lowest BCUT2D eigenvalue weighted by Gasteiger charge is -2.14. The number of aromatic nitrogens is 3. The van der Waals surface area contributed by atoms with Crippen molar-refractivity contribution >= 4 is 21.5 Å². The molecular formula is C22H23N5O5S. The molecule has 2 aromatic heterocycles. The van der Waals surface area contributed by atoms with E-state index in [-0.39, 0.29) is 4.90 Å². The van der Waals surface area contributed by atoms with Gasteiger partial charge < -0.3 is 19.5 Å². The molecule has 0 bridgehead atoms. The molecule has 0 saturated heterocycles. The molecule has 0 amide bonds. The predicted molar refractivity (Wildman–Crippen MR) is 123 cm³/mol. The van der Waals surface area contributed by atoms with E-state index >= 15 is 0 Å². The van der Waals surface area contributed by atoms with Crippen LogP contribution < -0.4 is 24.7 Å². The van der Waals surface area contributed by atoms with Crippen LogP contribution in [0.1, 0.15) is 5.56 Å². The van der Waals surface area contributed by atoms with Gasteiger partial charge in [-0.05, 0) is 42.0 Å². The largest absolute Gasteiger partial charge is 0.493 e. The number of hydrogen-bond acceptors (Lipinski definition) is 8. The van der Waals surface area contributed by atoms with Crippen molar-refractivity contribution in [3.8, 4) is 28.5 Å². The third kappa shape index (κ3) is 4.54. The Kier molecular flexibility index (Phi) is 6.07. The summed E-state index contributed by atoms with van der Waals surface area (Å²) >= 11 is 0. The number of nitrogens with one attached hydrogen (secondary N) is 1. The second-order valence-electron chi connectivity index (χ2n) is 7.09. The van der Waals surface area contributed by atoms with Crippen LogP contribution in [0.3, 0.4) is 0 Å². The monoisotopic (exact) mass is 469 g/mol. The van der Waals surface area contributed by atoms with Crippen molar-refractivity contribution in [3.63, 3.8) is 0 Å². The molecule has 0 radical (unpaired) electrons. The first kappa shape index (κ1) is 22.4. The lowest BCUT2D eigenvalue weighted by molar-refractivity contribution is 0.324. The number of anilines is 1. The van der Waals surface area contributed by atoms with Crippen molar-refractivity contribution in [2.45, 2.75) is 11.4 Å². The molecule has 2 aromatic carbocycles. The lowest BCUT2D eigenvalue weighted by atomic mass is 10.1. The van der Waals surface area contributed by atoms with Crippen LogP contribution >= 0.6 is 0 Å². The van der Waals surface area contributed by atoms with Gasteiger partial charge in [-0.1, -0.05) is 12.1 Å². The number of nitrogens with zero attached hydrogens (tertiary/aromatic N) is 3. The van der Waals surface area contributed by atoms with Gasteiger partial charge in [-0.25, -0.2) is 23.1 Å². The Balaban J connectivity index is 1.63. The van der Waals surface area contributed by atoms with Crippen LogP contribution in [-0.4, -0.2) is 44.3 Å². The Labute approximate surface area is 191 Å². The molecule has 0 aliphatic carbocycles. The van der Waals surface area contributed by atoms with Gasteiger partial charge in [-0.2, -0.15) is 0 Å². The van der Waals surface area contributed by atoms with Gasteiger partial charge in [-0.15, -0.1) is 5.10 Å². The first-order chi connectivity index (χ1) is 15.8. The second kappa shape index (κ2) is 8.96. The van der Waals surface area contributed by atoms with Crippen molar-refractivity contribution in [1.29, 1.82) is 0 Å². The Morgan fingerprint density at radius 2 is 1.64 bits per heavy atom. The number of methoxy groups -OCH3 is 3. The molecule has 2 heterocycles. The molecular weight excluding hydrogens is 446 g/mol. The maximum atomic E-state index is 11.4. The highest BCUT2D eigenvalue weighted by Gasteiger charge is 2.17. The zero-order valence-corrected chi connectivity index (χ0v) is 19.1. The summed E-state index contributed by atoms with van der Waals surface area (Å²) in [6, 6.07) is 13.7. The van der Waals surface area contributed by atoms with Crippen molar-refractivity contribution in [2.75, 3.05) is 26.6 Å². The number of ether oxygens (including phenoxy) is 3. The molecule has 0 aliphatic heterocycles. The third-order valence-electron chi connectivity index (χ3n) is 5.05. The normalized spacial score (nSPS) is 11.4. The number of benzene rings is 2. The van der Waals surface area contributed by atoms with E-state index in [4.69, 9.17) is 19.3 Å². The van der Waals surface area contributed by atoms with Crippen LogP contribution in [0.15, 0.2) is 59.6 Å². The van der Waals surface area contributed by atoms with E-state index in [1.807, 2.05) is 24.3 Å². The van der Waals surface area contributed by atoms with Crippen molar-refractivity contribution < 1.29 is 22.6 Å². The van der Waals surface area contributed by atoms with Crippen molar-refractivity contribution in [1.82, 2.24) is 14.6 Å². The number of hydrogen-bond donors (Lipinski definition) is 2. The molecule has 3 N–H and O–H groups in total. The van der Waals surface area contributed by atoms with Gasteiger partial charge in [0.05, 0.1) is 38.1 Å². The predicted octanol–water partition coefficient (Wildman–Crippen LogP) is 2.68. The molecule has 172 valence electrons. The van der Waals surface area contributed by atoms with Gasteiger partial charge >= 0.3 is 0 Å². The molecule has 0 atom stereocenters. The zero-order chi connectivity index (χ0) is 23.6. The summed E-state index contributed by atoms with van der Waals surface area (Å²) in [5.74, 6) is 2.17. The maximum Gasteiger partial charge on any atom is 0.238 e. The van der Waals surface area contributed by atoms with Crippen LogP contribution in [0.4, 0.5) is 5.82 Å². The molecule has 10 nitrogen and oxygen atoms in total. The van der Waals surface area contributed by atoms with E-state index in [0.29, 0.717) is 35.3 Å². The number of nitrogens with two attached hydrogens (primary N) is 1. The number of imidazole rings is 1. The number of rotatable bonds is 8. The van der Waals surface area contributed by atoms with Gasteiger partial charge in [0.1, 0.15) is 5.82 Å². The van der Waals surface area contributed by atoms with Gasteiger partial charge in [0.15, 0.2) is 17.1 Å². The van der Waals surface area contributed by atoms with E-state index < -0.39 is 10.0 Å². The summed E-state index contributed by atoms with van der Waals surface area (Å²) < 4.78 is 40.8. The first-order valence-corrected chi connectivity index (χ1v) is 11.4. The summed E-state index contributed by atoms with van der Waals surface area (Å²) in [6.45, 7) is 0.442. The second-order valence-corrected chi connectivity index (χ2v) is 8.65. The molecule has 33 heavy (non-hydrogen) atoms. The third-order valence-corrected chi connectivity index (χ3v) is 5.98. The van der Waals surface area contributed by atoms with Crippen LogP contribution in [-0.2, 0) is 16.6 Å². The highest BCUT2D eigenvalue weighted by atomic mass is 32.2. The summed E-state index contributed by atoms with van der Waals surface area (Å²) in [5.41, 5.74) is 3.08. The minimum atomic E-state index is -3.72. The fourth-order valence-electron chi connectivity index (χ4n) is 3.38. The molecule has 4 rings (SSSR count). The fourth-order valence-corrected chi connectivity index (χ4v) is 3.90. The smallest absolute Gasteiger partial charge is 0.238 e. The average Bonchev–Trinajstić information content (AvgIpc) is 3.24. The highest BCUT2D eigenvalue weighted by Crippen LogP contribution is 2.41. The molecule has 0 spiro atoms. The van der Waals surface area contributed by atoms with Crippen LogP contribution in [0, 0.1) is 0 Å². The quantitative estimate of drug-likeness (QED) is 0.403. The molecule has 0 unspecified atom stereocenters. The fraction of sp³-hybridized carbons (Fsp3) is 0.182.